The van der Waals surface area contributed by atoms with Crippen molar-refractivity contribution in [1.82, 2.24) is 10.3 Å². The third-order valence-electron chi connectivity index (χ3n) is 3.96. The highest BCUT2D eigenvalue weighted by atomic mass is 16.5. The van der Waals surface area contributed by atoms with Crippen molar-refractivity contribution in [3.63, 3.8) is 0 Å². The Morgan fingerprint density at radius 1 is 1.07 bits per heavy atom. The van der Waals surface area contributed by atoms with Gasteiger partial charge >= 0.3 is 5.97 Å². The Hall–Kier alpha value is -3.61. The van der Waals surface area contributed by atoms with Crippen molar-refractivity contribution in [3.05, 3.63) is 59.9 Å². The number of aromatic hydroxyl groups is 1. The first-order valence-corrected chi connectivity index (χ1v) is 8.38. The van der Waals surface area contributed by atoms with Gasteiger partial charge < -0.3 is 20.3 Å². The highest BCUT2D eigenvalue weighted by molar-refractivity contribution is 6.03. The molecule has 0 aliphatic carbocycles. The lowest BCUT2D eigenvalue weighted by Gasteiger charge is -2.13. The molecule has 1 aromatic heterocycles. The molecule has 0 aliphatic heterocycles. The number of carbonyl (C=O) groups is 2. The number of rotatable bonds is 6. The predicted octanol–water partition coefficient (Wildman–Crippen LogP) is 3.11. The van der Waals surface area contributed by atoms with Crippen LogP contribution in [0.25, 0.3) is 10.8 Å². The molecular formula is C20H18N2O5. The van der Waals surface area contributed by atoms with Crippen molar-refractivity contribution >= 4 is 22.6 Å². The number of hydrogen-bond acceptors (Lipinski definition) is 5. The Kier molecular flexibility index (Phi) is 5.21. The Morgan fingerprint density at radius 2 is 1.81 bits per heavy atom. The van der Waals surface area contributed by atoms with Gasteiger partial charge in [-0.25, -0.2) is 4.98 Å². The molecule has 0 fully saturated rings. The number of aryl methyl sites for hydroxylation is 1. The summed E-state index contributed by atoms with van der Waals surface area (Å²) in [6.45, 7) is 1.33. The fraction of sp³-hybridized carbons (Fsp3) is 0.150. The lowest BCUT2D eigenvalue weighted by molar-refractivity contribution is -0.135. The number of para-hydroxylation sites is 1. The summed E-state index contributed by atoms with van der Waals surface area (Å²) in [7, 11) is 0. The van der Waals surface area contributed by atoms with Crippen LogP contribution in [0.3, 0.4) is 0 Å². The molecule has 0 saturated heterocycles. The lowest BCUT2D eigenvalue weighted by Crippen LogP contribution is -2.30. The zero-order valence-corrected chi connectivity index (χ0v) is 14.6. The minimum Gasteiger partial charge on any atom is -0.505 e. The molecule has 3 rings (SSSR count). The zero-order valence-electron chi connectivity index (χ0n) is 14.6. The summed E-state index contributed by atoms with van der Waals surface area (Å²) in [6.07, 6.45) is 0.519. The number of benzene rings is 2. The monoisotopic (exact) mass is 366 g/mol. The number of carboxylic acids is 1. The van der Waals surface area contributed by atoms with Gasteiger partial charge in [0.05, 0.1) is 0 Å². The third kappa shape index (κ3) is 3.98. The van der Waals surface area contributed by atoms with E-state index >= 15 is 0 Å². The number of fused-ring (bicyclic) bond motifs is 1. The van der Waals surface area contributed by atoms with E-state index in [9.17, 15) is 14.7 Å². The molecule has 0 bridgehead atoms. The molecule has 0 atom stereocenters. The van der Waals surface area contributed by atoms with Crippen LogP contribution in [0.2, 0.25) is 0 Å². The molecule has 2 aromatic carbocycles. The largest absolute Gasteiger partial charge is 0.505 e. The molecule has 138 valence electrons. The second-order valence-electron chi connectivity index (χ2n) is 5.81. The molecule has 7 heteroatoms. The summed E-state index contributed by atoms with van der Waals surface area (Å²) in [4.78, 5) is 27.0. The fourth-order valence-corrected chi connectivity index (χ4v) is 2.70. The second-order valence-corrected chi connectivity index (χ2v) is 5.81. The van der Waals surface area contributed by atoms with Gasteiger partial charge in [-0.3, -0.25) is 9.59 Å². The van der Waals surface area contributed by atoms with E-state index in [2.05, 4.69) is 10.3 Å². The van der Waals surface area contributed by atoms with E-state index in [1.165, 1.54) is 0 Å². The summed E-state index contributed by atoms with van der Waals surface area (Å²) in [5.41, 5.74) is 0.402. The van der Waals surface area contributed by atoms with E-state index < -0.39 is 18.4 Å². The number of hydrogen-bond donors (Lipinski definition) is 3. The maximum Gasteiger partial charge on any atom is 0.322 e. The normalized spacial score (nSPS) is 10.6. The van der Waals surface area contributed by atoms with Gasteiger partial charge in [-0.1, -0.05) is 25.1 Å². The molecule has 0 radical (unpaired) electrons. The van der Waals surface area contributed by atoms with E-state index in [1.807, 2.05) is 37.3 Å². The van der Waals surface area contributed by atoms with Gasteiger partial charge in [0.2, 0.25) is 0 Å². The smallest absolute Gasteiger partial charge is 0.322 e. The average molecular weight is 366 g/mol. The number of aliphatic carboxylic acids is 1. The van der Waals surface area contributed by atoms with Crippen LogP contribution in [0.4, 0.5) is 0 Å². The minimum atomic E-state index is -1.18. The van der Waals surface area contributed by atoms with Crippen LogP contribution in [0.15, 0.2) is 48.5 Å². The van der Waals surface area contributed by atoms with Crippen LogP contribution in [-0.2, 0) is 11.2 Å². The molecule has 1 amide bonds. The summed E-state index contributed by atoms with van der Waals surface area (Å²) < 4.78 is 5.81. The summed E-state index contributed by atoms with van der Waals surface area (Å²) in [5, 5.41) is 22.5. The van der Waals surface area contributed by atoms with Crippen LogP contribution in [0.1, 0.15) is 23.1 Å². The number of nitrogens with zero attached hydrogens (tertiary/aromatic N) is 1. The number of amides is 1. The number of ether oxygens (including phenoxy) is 1. The molecule has 3 N–H and O–H groups in total. The van der Waals surface area contributed by atoms with E-state index in [4.69, 9.17) is 9.84 Å². The Morgan fingerprint density at radius 3 is 2.48 bits per heavy atom. The van der Waals surface area contributed by atoms with Crippen molar-refractivity contribution in [2.24, 2.45) is 0 Å². The Labute approximate surface area is 155 Å². The number of carbonyl (C=O) groups excluding carboxylic acids is 1. The lowest BCUT2D eigenvalue weighted by atomic mass is 10.0. The molecule has 3 aromatic rings. The van der Waals surface area contributed by atoms with Crippen molar-refractivity contribution in [1.29, 1.82) is 0 Å². The molecule has 1 heterocycles. The van der Waals surface area contributed by atoms with Crippen LogP contribution < -0.4 is 10.1 Å². The Bertz CT molecular complexity index is 1000. The molecule has 0 aliphatic rings. The molecule has 0 saturated carbocycles. The molecule has 27 heavy (non-hydrogen) atoms. The van der Waals surface area contributed by atoms with Gasteiger partial charge in [-0.2, -0.15) is 0 Å². The topological polar surface area (TPSA) is 109 Å². The number of aromatic nitrogens is 1. The first-order valence-electron chi connectivity index (χ1n) is 8.38. The fourth-order valence-electron chi connectivity index (χ4n) is 2.70. The van der Waals surface area contributed by atoms with E-state index in [0.29, 0.717) is 34.4 Å². The first kappa shape index (κ1) is 18.2. The van der Waals surface area contributed by atoms with Gasteiger partial charge in [-0.15, -0.1) is 0 Å². The van der Waals surface area contributed by atoms with Crippen LogP contribution >= 0.6 is 0 Å². The number of pyridine rings is 1. The van der Waals surface area contributed by atoms with Gasteiger partial charge in [0.1, 0.15) is 18.0 Å². The van der Waals surface area contributed by atoms with Crippen molar-refractivity contribution in [2.75, 3.05) is 6.54 Å². The maximum absolute atomic E-state index is 12.2. The predicted molar refractivity (Wildman–Crippen MR) is 99.3 cm³/mol. The van der Waals surface area contributed by atoms with E-state index in [-0.39, 0.29) is 11.4 Å². The van der Waals surface area contributed by atoms with Crippen molar-refractivity contribution in [2.45, 2.75) is 13.3 Å². The SMILES string of the molecule is CCc1nc(C(=O)NCC(=O)O)c(O)c2ccc(Oc3ccccc3)cc12. The van der Waals surface area contributed by atoms with Gasteiger partial charge in [0.25, 0.3) is 5.91 Å². The van der Waals surface area contributed by atoms with Gasteiger partial charge in [0, 0.05) is 16.5 Å². The summed E-state index contributed by atoms with van der Waals surface area (Å²) >= 11 is 0. The van der Waals surface area contributed by atoms with Crippen LogP contribution in [0.5, 0.6) is 17.2 Å². The Balaban J connectivity index is 2.01. The number of nitrogens with one attached hydrogen (secondary N) is 1. The highest BCUT2D eigenvalue weighted by Crippen LogP contribution is 2.33. The van der Waals surface area contributed by atoms with Crippen LogP contribution in [0, 0.1) is 0 Å². The highest BCUT2D eigenvalue weighted by Gasteiger charge is 2.19. The summed E-state index contributed by atoms with van der Waals surface area (Å²) in [6, 6.07) is 14.4. The zero-order chi connectivity index (χ0) is 19.4. The van der Waals surface area contributed by atoms with Crippen molar-refractivity contribution < 1.29 is 24.5 Å². The quantitative estimate of drug-likeness (QED) is 0.618. The first-order chi connectivity index (χ1) is 13.0. The maximum atomic E-state index is 12.2. The molecule has 0 spiro atoms. The third-order valence-corrected chi connectivity index (χ3v) is 3.96. The van der Waals surface area contributed by atoms with Gasteiger partial charge in [-0.05, 0) is 36.8 Å². The van der Waals surface area contributed by atoms with Gasteiger partial charge in [0.15, 0.2) is 11.4 Å². The molecule has 7 nitrogen and oxygen atoms in total. The number of carboxylic acid groups (broad SMARTS) is 1. The molecular weight excluding hydrogens is 348 g/mol. The summed E-state index contributed by atoms with van der Waals surface area (Å²) in [5.74, 6) is -0.959. The average Bonchev–Trinajstić information content (AvgIpc) is 2.67. The van der Waals surface area contributed by atoms with Crippen molar-refractivity contribution in [3.8, 4) is 17.2 Å². The van der Waals surface area contributed by atoms with E-state index in [0.717, 1.165) is 0 Å². The van der Waals surface area contributed by atoms with E-state index in [1.54, 1.807) is 18.2 Å². The molecule has 0 unspecified atom stereocenters. The van der Waals surface area contributed by atoms with Crippen LogP contribution in [-0.4, -0.2) is 33.6 Å². The second kappa shape index (κ2) is 7.74. The minimum absolute atomic E-state index is 0.197. The standard InChI is InChI=1S/C20H18N2O5/c1-2-16-15-10-13(27-12-6-4-3-5-7-12)8-9-14(15)19(25)18(22-16)20(26)21-11-17(23)24/h3-10,25H,2,11H2,1H3,(H,21,26)(H,23,24).